The Balaban J connectivity index is 1.71. The molecule has 1 aliphatic heterocycles. The van der Waals surface area contributed by atoms with Gasteiger partial charge < -0.3 is 10.6 Å². The van der Waals surface area contributed by atoms with Gasteiger partial charge in [-0.25, -0.2) is 0 Å². The molecule has 1 saturated heterocycles. The minimum absolute atomic E-state index is 0.148. The summed E-state index contributed by atoms with van der Waals surface area (Å²) >= 11 is 0. The molecular weight excluding hydrogens is 216 g/mol. The van der Waals surface area contributed by atoms with Crippen LogP contribution in [0.4, 0.5) is 0 Å². The molecule has 0 radical (unpaired) electrons. The fourth-order valence-electron chi connectivity index (χ4n) is 2.18. The van der Waals surface area contributed by atoms with Gasteiger partial charge in [-0.15, -0.1) is 0 Å². The molecule has 0 aliphatic carbocycles. The number of aromatic nitrogens is 2. The van der Waals surface area contributed by atoms with Crippen LogP contribution in [0.1, 0.15) is 18.5 Å². The second-order valence-electron chi connectivity index (χ2n) is 4.53. The largest absolute Gasteiger partial charge is 0.355 e. The molecular formula is C12H20N4O. The van der Waals surface area contributed by atoms with E-state index in [2.05, 4.69) is 15.7 Å². The molecule has 1 atom stereocenters. The van der Waals surface area contributed by atoms with Crippen molar-refractivity contribution in [2.75, 3.05) is 19.6 Å². The van der Waals surface area contributed by atoms with E-state index in [9.17, 15) is 4.79 Å². The van der Waals surface area contributed by atoms with Crippen molar-refractivity contribution in [2.24, 2.45) is 13.0 Å². The maximum atomic E-state index is 11.8. The number of carbonyl (C=O) groups is 1. The van der Waals surface area contributed by atoms with Gasteiger partial charge in [0.1, 0.15) is 0 Å². The van der Waals surface area contributed by atoms with Crippen LogP contribution >= 0.6 is 0 Å². The highest BCUT2D eigenvalue weighted by molar-refractivity contribution is 5.78. The second-order valence-corrected chi connectivity index (χ2v) is 4.53. The number of nitrogens with one attached hydrogen (secondary N) is 2. The van der Waals surface area contributed by atoms with Gasteiger partial charge in [0.25, 0.3) is 0 Å². The average Bonchev–Trinajstić information content (AvgIpc) is 2.76. The van der Waals surface area contributed by atoms with E-state index in [0.29, 0.717) is 6.54 Å². The van der Waals surface area contributed by atoms with E-state index < -0.39 is 0 Å². The van der Waals surface area contributed by atoms with Gasteiger partial charge in [0.15, 0.2) is 0 Å². The minimum atomic E-state index is 0.148. The highest BCUT2D eigenvalue weighted by Gasteiger charge is 2.20. The summed E-state index contributed by atoms with van der Waals surface area (Å²) in [7, 11) is 1.92. The lowest BCUT2D eigenvalue weighted by Gasteiger charge is -2.21. The van der Waals surface area contributed by atoms with Gasteiger partial charge in [-0.05, 0) is 25.5 Å². The lowest BCUT2D eigenvalue weighted by molar-refractivity contribution is -0.125. The molecule has 1 amide bonds. The molecule has 1 aliphatic rings. The van der Waals surface area contributed by atoms with Gasteiger partial charge in [-0.3, -0.25) is 9.48 Å². The molecule has 1 aromatic rings. The molecule has 2 heterocycles. The van der Waals surface area contributed by atoms with Gasteiger partial charge in [-0.1, -0.05) is 0 Å². The van der Waals surface area contributed by atoms with Crippen molar-refractivity contribution in [2.45, 2.75) is 19.3 Å². The van der Waals surface area contributed by atoms with Crippen molar-refractivity contribution < 1.29 is 4.79 Å². The molecule has 17 heavy (non-hydrogen) atoms. The first-order chi connectivity index (χ1) is 8.27. The summed E-state index contributed by atoms with van der Waals surface area (Å²) < 4.78 is 1.84. The molecule has 2 N–H and O–H groups in total. The van der Waals surface area contributed by atoms with Crippen molar-refractivity contribution in [1.82, 2.24) is 20.4 Å². The predicted octanol–water partition coefficient (Wildman–Crippen LogP) is 0.0784. The first-order valence-electron chi connectivity index (χ1n) is 6.22. The Morgan fingerprint density at radius 3 is 3.24 bits per heavy atom. The van der Waals surface area contributed by atoms with Gasteiger partial charge in [0.05, 0.1) is 5.92 Å². The normalized spacial score (nSPS) is 20.2. The molecule has 94 valence electrons. The number of carbonyl (C=O) groups excluding carboxylic acids is 1. The Kier molecular flexibility index (Phi) is 4.14. The lowest BCUT2D eigenvalue weighted by atomic mass is 9.99. The Morgan fingerprint density at radius 2 is 2.59 bits per heavy atom. The Labute approximate surface area is 102 Å². The summed E-state index contributed by atoms with van der Waals surface area (Å²) in [6.07, 6.45) is 4.72. The van der Waals surface area contributed by atoms with Crippen molar-refractivity contribution in [3.05, 3.63) is 18.0 Å². The number of hydrogen-bond acceptors (Lipinski definition) is 3. The lowest BCUT2D eigenvalue weighted by Crippen LogP contribution is -2.41. The fraction of sp³-hybridized carbons (Fsp3) is 0.667. The van der Waals surface area contributed by atoms with Gasteiger partial charge in [-0.2, -0.15) is 5.10 Å². The monoisotopic (exact) mass is 236 g/mol. The number of amides is 1. The fourth-order valence-corrected chi connectivity index (χ4v) is 2.18. The summed E-state index contributed by atoms with van der Waals surface area (Å²) in [5.41, 5.74) is 1.15. The summed E-state index contributed by atoms with van der Waals surface area (Å²) in [6.45, 7) is 2.55. The summed E-state index contributed by atoms with van der Waals surface area (Å²) in [5.74, 6) is 0.328. The Bertz CT molecular complexity index is 368. The van der Waals surface area contributed by atoms with Crippen LogP contribution in [-0.4, -0.2) is 35.3 Å². The quantitative estimate of drug-likeness (QED) is 0.778. The first-order valence-corrected chi connectivity index (χ1v) is 6.22. The number of hydrogen-bond donors (Lipinski definition) is 2. The molecule has 0 saturated carbocycles. The molecule has 0 aromatic carbocycles. The van der Waals surface area contributed by atoms with Crippen molar-refractivity contribution in [3.63, 3.8) is 0 Å². The van der Waals surface area contributed by atoms with E-state index in [4.69, 9.17) is 0 Å². The van der Waals surface area contributed by atoms with Crippen LogP contribution in [0.2, 0.25) is 0 Å². The SMILES string of the molecule is Cn1nccc1CCNC(=O)[C@H]1CCCNC1. The minimum Gasteiger partial charge on any atom is -0.355 e. The zero-order valence-corrected chi connectivity index (χ0v) is 10.3. The first kappa shape index (κ1) is 12.1. The summed E-state index contributed by atoms with van der Waals surface area (Å²) in [6, 6.07) is 1.98. The van der Waals surface area contributed by atoms with Gasteiger partial charge in [0, 0.05) is 38.4 Å². The van der Waals surface area contributed by atoms with Crippen molar-refractivity contribution in [3.8, 4) is 0 Å². The maximum Gasteiger partial charge on any atom is 0.224 e. The standard InChI is InChI=1S/C12H20N4O/c1-16-11(5-8-15-16)4-7-14-12(17)10-3-2-6-13-9-10/h5,8,10,13H,2-4,6-7,9H2,1H3,(H,14,17)/t10-/m0/s1. The Morgan fingerprint density at radius 1 is 1.71 bits per heavy atom. The van der Waals surface area contributed by atoms with Crippen LogP contribution in [0, 0.1) is 5.92 Å². The van der Waals surface area contributed by atoms with E-state index in [1.54, 1.807) is 6.20 Å². The molecule has 5 heteroatoms. The third-order valence-electron chi connectivity index (χ3n) is 3.27. The smallest absolute Gasteiger partial charge is 0.224 e. The van der Waals surface area contributed by atoms with Crippen LogP contribution in [-0.2, 0) is 18.3 Å². The maximum absolute atomic E-state index is 11.8. The van der Waals surface area contributed by atoms with Crippen LogP contribution in [0.15, 0.2) is 12.3 Å². The molecule has 0 spiro atoms. The molecule has 2 rings (SSSR count). The summed E-state index contributed by atoms with van der Waals surface area (Å²) in [4.78, 5) is 11.8. The average molecular weight is 236 g/mol. The topological polar surface area (TPSA) is 59.0 Å². The van der Waals surface area contributed by atoms with Gasteiger partial charge in [0.2, 0.25) is 5.91 Å². The van der Waals surface area contributed by atoms with E-state index in [-0.39, 0.29) is 11.8 Å². The number of piperidine rings is 1. The van der Waals surface area contributed by atoms with E-state index >= 15 is 0 Å². The third kappa shape index (κ3) is 3.30. The molecule has 0 unspecified atom stereocenters. The third-order valence-corrected chi connectivity index (χ3v) is 3.27. The van der Waals surface area contributed by atoms with E-state index in [1.807, 2.05) is 17.8 Å². The molecule has 0 bridgehead atoms. The van der Waals surface area contributed by atoms with Crippen molar-refractivity contribution in [1.29, 1.82) is 0 Å². The van der Waals surface area contributed by atoms with E-state index in [1.165, 1.54) is 0 Å². The van der Waals surface area contributed by atoms with Crippen LogP contribution in [0.3, 0.4) is 0 Å². The number of rotatable bonds is 4. The summed E-state index contributed by atoms with van der Waals surface area (Å²) in [5, 5.41) is 10.3. The highest BCUT2D eigenvalue weighted by Crippen LogP contribution is 2.09. The Hall–Kier alpha value is -1.36. The zero-order chi connectivity index (χ0) is 12.1. The predicted molar refractivity (Wildman–Crippen MR) is 65.5 cm³/mol. The van der Waals surface area contributed by atoms with Gasteiger partial charge >= 0.3 is 0 Å². The molecule has 1 aromatic heterocycles. The van der Waals surface area contributed by atoms with Crippen LogP contribution < -0.4 is 10.6 Å². The van der Waals surface area contributed by atoms with Crippen LogP contribution in [0.25, 0.3) is 0 Å². The second kappa shape index (κ2) is 5.82. The zero-order valence-electron chi connectivity index (χ0n) is 10.3. The number of aryl methyl sites for hydroxylation is 1. The molecule has 5 nitrogen and oxygen atoms in total. The van der Waals surface area contributed by atoms with Crippen LogP contribution in [0.5, 0.6) is 0 Å². The number of nitrogens with zero attached hydrogens (tertiary/aromatic N) is 2. The highest BCUT2D eigenvalue weighted by atomic mass is 16.1. The van der Waals surface area contributed by atoms with E-state index in [0.717, 1.165) is 38.0 Å². The van der Waals surface area contributed by atoms with Crippen molar-refractivity contribution >= 4 is 5.91 Å². The molecule has 1 fully saturated rings.